The topological polar surface area (TPSA) is 68.0 Å². The molecule has 0 radical (unpaired) electrons. The Labute approximate surface area is 105 Å². The molecule has 18 heavy (non-hydrogen) atoms. The van der Waals surface area contributed by atoms with Crippen molar-refractivity contribution in [1.29, 1.82) is 0 Å². The third kappa shape index (κ3) is 2.34. The van der Waals surface area contributed by atoms with Gasteiger partial charge in [0.15, 0.2) is 0 Å². The Morgan fingerprint density at radius 1 is 1.44 bits per heavy atom. The lowest BCUT2D eigenvalue weighted by Gasteiger charge is -2.06. The maximum absolute atomic E-state index is 10.9. The van der Waals surface area contributed by atoms with Gasteiger partial charge in [0.1, 0.15) is 12.0 Å². The van der Waals surface area contributed by atoms with Crippen molar-refractivity contribution in [3.63, 3.8) is 0 Å². The number of carboxylic acids is 1. The first-order chi connectivity index (χ1) is 8.49. The van der Waals surface area contributed by atoms with Crippen molar-refractivity contribution in [2.45, 2.75) is 26.7 Å². The van der Waals surface area contributed by atoms with E-state index in [0.29, 0.717) is 5.92 Å². The fourth-order valence-corrected chi connectivity index (χ4v) is 2.21. The van der Waals surface area contributed by atoms with Crippen LogP contribution in [0.25, 0.3) is 11.0 Å². The van der Waals surface area contributed by atoms with Crippen LogP contribution in [0.15, 0.2) is 12.5 Å². The minimum absolute atomic E-state index is 0.00973. The van der Waals surface area contributed by atoms with Crippen LogP contribution in [0.4, 0.5) is 0 Å². The van der Waals surface area contributed by atoms with Crippen LogP contribution < -0.4 is 0 Å². The summed E-state index contributed by atoms with van der Waals surface area (Å²) >= 11 is 0. The highest BCUT2D eigenvalue weighted by atomic mass is 16.4. The van der Waals surface area contributed by atoms with Gasteiger partial charge in [-0.2, -0.15) is 0 Å². The number of carboxylic acid groups (broad SMARTS) is 1. The molecule has 2 rings (SSSR count). The molecule has 0 aliphatic rings. The van der Waals surface area contributed by atoms with Crippen LogP contribution in [0.3, 0.4) is 0 Å². The fourth-order valence-electron chi connectivity index (χ4n) is 2.21. The van der Waals surface area contributed by atoms with Crippen molar-refractivity contribution >= 4 is 17.0 Å². The summed E-state index contributed by atoms with van der Waals surface area (Å²) in [6, 6.07) is 0. The lowest BCUT2D eigenvalue weighted by Crippen LogP contribution is -2.03. The molecule has 96 valence electrons. The minimum Gasteiger partial charge on any atom is -0.481 e. The van der Waals surface area contributed by atoms with Crippen LogP contribution >= 0.6 is 0 Å². The first kappa shape index (κ1) is 12.5. The molecule has 2 aromatic rings. The Hall–Kier alpha value is -1.91. The second kappa shape index (κ2) is 4.76. The van der Waals surface area contributed by atoms with Crippen LogP contribution in [-0.2, 0) is 24.7 Å². The highest BCUT2D eigenvalue weighted by Gasteiger charge is 2.15. The molecule has 0 atom stereocenters. The number of hydrogen-bond acceptors (Lipinski definition) is 3. The Kier molecular flexibility index (Phi) is 3.32. The van der Waals surface area contributed by atoms with E-state index in [4.69, 9.17) is 5.11 Å². The number of aryl methyl sites for hydroxylation is 1. The van der Waals surface area contributed by atoms with Gasteiger partial charge in [0.2, 0.25) is 0 Å². The first-order valence-corrected chi connectivity index (χ1v) is 5.98. The summed E-state index contributed by atoms with van der Waals surface area (Å²) in [4.78, 5) is 19.5. The molecule has 0 saturated heterocycles. The van der Waals surface area contributed by atoms with Gasteiger partial charge in [-0.3, -0.25) is 4.79 Å². The number of rotatable bonds is 4. The van der Waals surface area contributed by atoms with E-state index in [9.17, 15) is 4.79 Å². The van der Waals surface area contributed by atoms with E-state index in [1.54, 1.807) is 6.33 Å². The zero-order valence-electron chi connectivity index (χ0n) is 10.8. The van der Waals surface area contributed by atoms with Crippen LogP contribution in [0.2, 0.25) is 0 Å². The van der Waals surface area contributed by atoms with Crippen LogP contribution in [-0.4, -0.2) is 25.6 Å². The SMILES string of the molecule is CC(C)Cc1ncnc2c1c(CC(=O)O)cn2C. The third-order valence-corrected chi connectivity index (χ3v) is 2.85. The molecule has 0 spiro atoms. The van der Waals surface area contributed by atoms with E-state index in [2.05, 4.69) is 23.8 Å². The predicted molar refractivity (Wildman–Crippen MR) is 68.4 cm³/mol. The van der Waals surface area contributed by atoms with Crippen molar-refractivity contribution in [2.24, 2.45) is 13.0 Å². The van der Waals surface area contributed by atoms with Gasteiger partial charge in [-0.05, 0) is 17.9 Å². The van der Waals surface area contributed by atoms with Crippen molar-refractivity contribution in [3.05, 3.63) is 23.8 Å². The highest BCUT2D eigenvalue weighted by Crippen LogP contribution is 2.23. The zero-order valence-corrected chi connectivity index (χ0v) is 10.8. The van der Waals surface area contributed by atoms with Crippen molar-refractivity contribution in [1.82, 2.24) is 14.5 Å². The molecule has 5 heteroatoms. The normalized spacial score (nSPS) is 11.3. The quantitative estimate of drug-likeness (QED) is 0.894. The Balaban J connectivity index is 2.60. The molecular formula is C13H17N3O2. The molecule has 0 aromatic carbocycles. The number of fused-ring (bicyclic) bond motifs is 1. The number of carbonyl (C=O) groups is 1. The van der Waals surface area contributed by atoms with E-state index in [-0.39, 0.29) is 6.42 Å². The van der Waals surface area contributed by atoms with E-state index in [1.807, 2.05) is 17.8 Å². The van der Waals surface area contributed by atoms with Crippen molar-refractivity contribution < 1.29 is 9.90 Å². The fraction of sp³-hybridized carbons (Fsp3) is 0.462. The smallest absolute Gasteiger partial charge is 0.307 e. The number of aromatic nitrogens is 3. The molecule has 0 unspecified atom stereocenters. The third-order valence-electron chi connectivity index (χ3n) is 2.85. The van der Waals surface area contributed by atoms with Gasteiger partial charge < -0.3 is 9.67 Å². The van der Waals surface area contributed by atoms with Gasteiger partial charge in [-0.15, -0.1) is 0 Å². The lowest BCUT2D eigenvalue weighted by atomic mass is 10.0. The summed E-state index contributed by atoms with van der Waals surface area (Å²) in [7, 11) is 1.87. The second-order valence-corrected chi connectivity index (χ2v) is 4.95. The summed E-state index contributed by atoms with van der Waals surface area (Å²) in [6.07, 6.45) is 4.22. The molecule has 5 nitrogen and oxygen atoms in total. The van der Waals surface area contributed by atoms with E-state index >= 15 is 0 Å². The molecule has 2 heterocycles. The zero-order chi connectivity index (χ0) is 13.3. The lowest BCUT2D eigenvalue weighted by molar-refractivity contribution is -0.136. The monoisotopic (exact) mass is 247 g/mol. The highest BCUT2D eigenvalue weighted by molar-refractivity contribution is 5.86. The summed E-state index contributed by atoms with van der Waals surface area (Å²) in [5.74, 6) is -0.358. The van der Waals surface area contributed by atoms with Crippen molar-refractivity contribution in [3.8, 4) is 0 Å². The van der Waals surface area contributed by atoms with Crippen LogP contribution in [0.5, 0.6) is 0 Å². The Bertz CT molecular complexity index is 587. The van der Waals surface area contributed by atoms with E-state index in [0.717, 1.165) is 28.7 Å². The first-order valence-electron chi connectivity index (χ1n) is 5.98. The average Bonchev–Trinajstić information content (AvgIpc) is 2.55. The molecule has 1 N–H and O–H groups in total. The molecule has 0 aliphatic carbocycles. The van der Waals surface area contributed by atoms with Crippen LogP contribution in [0, 0.1) is 5.92 Å². The summed E-state index contributed by atoms with van der Waals surface area (Å²) in [6.45, 7) is 4.24. The number of nitrogens with zero attached hydrogens (tertiary/aromatic N) is 3. The average molecular weight is 247 g/mol. The maximum atomic E-state index is 10.9. The molecule has 0 fully saturated rings. The van der Waals surface area contributed by atoms with Gasteiger partial charge in [0, 0.05) is 18.6 Å². The minimum atomic E-state index is -0.832. The summed E-state index contributed by atoms with van der Waals surface area (Å²) in [5, 5.41) is 9.86. The molecule has 2 aromatic heterocycles. The molecule has 0 aliphatic heterocycles. The van der Waals surface area contributed by atoms with E-state index < -0.39 is 5.97 Å². The predicted octanol–water partition coefficient (Wildman–Crippen LogP) is 1.79. The maximum Gasteiger partial charge on any atom is 0.307 e. The summed E-state index contributed by atoms with van der Waals surface area (Å²) in [5.41, 5.74) is 2.53. The molecular weight excluding hydrogens is 230 g/mol. The van der Waals surface area contributed by atoms with Gasteiger partial charge in [0.05, 0.1) is 12.1 Å². The standard InChI is InChI=1S/C13H17N3O2/c1-8(2)4-10-12-9(5-11(17)18)6-16(3)13(12)15-7-14-10/h6-8H,4-5H2,1-3H3,(H,17,18). The molecule has 0 amide bonds. The Morgan fingerprint density at radius 2 is 2.17 bits per heavy atom. The van der Waals surface area contributed by atoms with Gasteiger partial charge in [-0.25, -0.2) is 9.97 Å². The van der Waals surface area contributed by atoms with Gasteiger partial charge in [-0.1, -0.05) is 13.8 Å². The number of aliphatic carboxylic acids is 1. The van der Waals surface area contributed by atoms with Gasteiger partial charge >= 0.3 is 5.97 Å². The second-order valence-electron chi connectivity index (χ2n) is 4.95. The summed E-state index contributed by atoms with van der Waals surface area (Å²) < 4.78 is 1.86. The largest absolute Gasteiger partial charge is 0.481 e. The van der Waals surface area contributed by atoms with Gasteiger partial charge in [0.25, 0.3) is 0 Å². The van der Waals surface area contributed by atoms with E-state index in [1.165, 1.54) is 0 Å². The van der Waals surface area contributed by atoms with Crippen molar-refractivity contribution in [2.75, 3.05) is 0 Å². The van der Waals surface area contributed by atoms with Crippen LogP contribution in [0.1, 0.15) is 25.1 Å². The molecule has 0 saturated carbocycles. The number of hydrogen-bond donors (Lipinski definition) is 1. The Morgan fingerprint density at radius 3 is 2.78 bits per heavy atom. The molecule has 0 bridgehead atoms.